The number of nitrogens with two attached hydrogens (primary N) is 1. The third-order valence-corrected chi connectivity index (χ3v) is 4.10. The molecule has 1 fully saturated rings. The van der Waals surface area contributed by atoms with Gasteiger partial charge in [-0.1, -0.05) is 18.2 Å². The van der Waals surface area contributed by atoms with Gasteiger partial charge in [-0.3, -0.25) is 4.79 Å². The number of quaternary nitrogens is 1. The third kappa shape index (κ3) is 4.73. The van der Waals surface area contributed by atoms with Gasteiger partial charge in [-0.2, -0.15) is 0 Å². The first-order valence-corrected chi connectivity index (χ1v) is 8.06. The topological polar surface area (TPSA) is 54.9 Å². The maximum atomic E-state index is 12.4. The molecule has 4 heteroatoms. The Bertz CT molecular complexity index is 495. The molecule has 1 atom stereocenters. The average molecular weight is 305 g/mol. The largest absolute Gasteiger partial charge is 0.481 e. The van der Waals surface area contributed by atoms with Gasteiger partial charge in [0.2, 0.25) is 0 Å². The highest BCUT2D eigenvalue weighted by molar-refractivity contribution is 5.81. The zero-order valence-electron chi connectivity index (χ0n) is 14.3. The molecular weight excluding hydrogens is 276 g/mol. The number of piperidine rings is 1. The number of hydrogen-bond donors (Lipinski definition) is 2. The molecule has 3 N–H and O–H groups in total. The van der Waals surface area contributed by atoms with Crippen LogP contribution in [-0.2, 0) is 4.79 Å². The predicted molar refractivity (Wildman–Crippen MR) is 87.8 cm³/mol. The second-order valence-electron chi connectivity index (χ2n) is 7.81. The minimum atomic E-state index is -0.487. The molecule has 0 unspecified atom stereocenters. The number of nitrogens with one attached hydrogen (secondary N) is 1. The smallest absolute Gasteiger partial charge is 0.261 e. The van der Waals surface area contributed by atoms with Crippen molar-refractivity contribution in [3.05, 3.63) is 30.3 Å². The number of ether oxygens (including phenoxy) is 1. The number of carbonyl (C=O) groups excluding carboxylic acids is 1. The molecule has 1 amide bonds. The highest BCUT2D eigenvalue weighted by Gasteiger charge is 2.42. The zero-order valence-corrected chi connectivity index (χ0v) is 14.3. The lowest BCUT2D eigenvalue weighted by molar-refractivity contribution is -0.787. The molecule has 1 aliphatic rings. The van der Waals surface area contributed by atoms with Crippen LogP contribution in [0.25, 0.3) is 0 Å². The Morgan fingerprint density at radius 1 is 1.18 bits per heavy atom. The van der Waals surface area contributed by atoms with E-state index in [4.69, 9.17) is 4.74 Å². The van der Waals surface area contributed by atoms with Gasteiger partial charge in [0.25, 0.3) is 5.91 Å². The summed E-state index contributed by atoms with van der Waals surface area (Å²) in [6, 6.07) is 9.67. The Balaban J connectivity index is 1.93. The molecule has 2 rings (SSSR count). The quantitative estimate of drug-likeness (QED) is 0.892. The Labute approximate surface area is 133 Å². The van der Waals surface area contributed by atoms with Crippen LogP contribution in [0, 0.1) is 0 Å². The van der Waals surface area contributed by atoms with Crippen LogP contribution in [0.15, 0.2) is 30.3 Å². The molecule has 0 spiro atoms. The lowest BCUT2D eigenvalue weighted by Gasteiger charge is -2.43. The van der Waals surface area contributed by atoms with Crippen LogP contribution in [-0.4, -0.2) is 29.1 Å². The molecule has 22 heavy (non-hydrogen) atoms. The summed E-state index contributed by atoms with van der Waals surface area (Å²) in [6.07, 6.45) is 1.46. The molecule has 1 aromatic carbocycles. The van der Waals surface area contributed by atoms with Gasteiger partial charge in [0.15, 0.2) is 6.10 Å². The Morgan fingerprint density at radius 2 is 1.73 bits per heavy atom. The number of para-hydroxylation sites is 1. The lowest BCUT2D eigenvalue weighted by Crippen LogP contribution is -3.06. The van der Waals surface area contributed by atoms with E-state index in [2.05, 4.69) is 38.3 Å². The number of carbonyl (C=O) groups is 1. The van der Waals surface area contributed by atoms with E-state index in [0.29, 0.717) is 0 Å². The van der Waals surface area contributed by atoms with E-state index in [9.17, 15) is 4.79 Å². The minimum Gasteiger partial charge on any atom is -0.481 e. The summed E-state index contributed by atoms with van der Waals surface area (Å²) in [7, 11) is 0. The van der Waals surface area contributed by atoms with Crippen molar-refractivity contribution in [2.45, 2.75) is 70.7 Å². The van der Waals surface area contributed by atoms with E-state index in [1.807, 2.05) is 30.3 Å². The third-order valence-electron chi connectivity index (χ3n) is 4.10. The molecule has 1 aromatic rings. The summed E-state index contributed by atoms with van der Waals surface area (Å²) >= 11 is 0. The van der Waals surface area contributed by atoms with Crippen molar-refractivity contribution in [1.82, 2.24) is 5.32 Å². The number of hydrogen-bond acceptors (Lipinski definition) is 2. The fourth-order valence-corrected chi connectivity index (χ4v) is 3.70. The standard InChI is InChI=1S/C18H28N2O2/c1-13(22-15-9-7-6-8-10-15)16(21)19-14-11-17(2,3)20-18(4,5)12-14/h6-10,13-14,20H,11-12H2,1-5H3,(H,19,21)/p+1/t13-/m0/s1. The van der Waals surface area contributed by atoms with Gasteiger partial charge < -0.3 is 15.4 Å². The Kier molecular flexibility index (Phi) is 4.81. The highest BCUT2D eigenvalue weighted by Crippen LogP contribution is 2.22. The van der Waals surface area contributed by atoms with Crippen LogP contribution in [0.4, 0.5) is 0 Å². The molecule has 0 bridgehead atoms. The summed E-state index contributed by atoms with van der Waals surface area (Å²) in [5.74, 6) is 0.685. The van der Waals surface area contributed by atoms with E-state index in [0.717, 1.165) is 18.6 Å². The maximum Gasteiger partial charge on any atom is 0.261 e. The van der Waals surface area contributed by atoms with Crippen molar-refractivity contribution in [2.24, 2.45) is 0 Å². The molecular formula is C18H29N2O2+. The molecule has 0 aromatic heterocycles. The molecule has 1 saturated heterocycles. The fraction of sp³-hybridized carbons (Fsp3) is 0.611. The first-order valence-electron chi connectivity index (χ1n) is 8.06. The van der Waals surface area contributed by atoms with E-state index in [1.54, 1.807) is 6.92 Å². The second-order valence-corrected chi connectivity index (χ2v) is 7.81. The fourth-order valence-electron chi connectivity index (χ4n) is 3.70. The van der Waals surface area contributed by atoms with Gasteiger partial charge in [0.05, 0.1) is 11.1 Å². The predicted octanol–water partition coefficient (Wildman–Crippen LogP) is 1.85. The van der Waals surface area contributed by atoms with Crippen molar-refractivity contribution in [1.29, 1.82) is 0 Å². The number of rotatable bonds is 4. The number of amides is 1. The normalized spacial score (nSPS) is 21.9. The molecule has 0 saturated carbocycles. The van der Waals surface area contributed by atoms with Crippen LogP contribution in [0.3, 0.4) is 0 Å². The summed E-state index contributed by atoms with van der Waals surface area (Å²) in [6.45, 7) is 10.7. The van der Waals surface area contributed by atoms with Gasteiger partial charge in [0.1, 0.15) is 5.75 Å². The summed E-state index contributed by atoms with van der Waals surface area (Å²) in [4.78, 5) is 12.4. The van der Waals surface area contributed by atoms with Gasteiger partial charge in [-0.15, -0.1) is 0 Å². The van der Waals surface area contributed by atoms with E-state index in [-0.39, 0.29) is 23.0 Å². The van der Waals surface area contributed by atoms with Crippen molar-refractivity contribution in [3.63, 3.8) is 0 Å². The van der Waals surface area contributed by atoms with Crippen LogP contribution in [0.2, 0.25) is 0 Å². The Hall–Kier alpha value is -1.55. The molecule has 1 heterocycles. The van der Waals surface area contributed by atoms with Crippen LogP contribution >= 0.6 is 0 Å². The monoisotopic (exact) mass is 305 g/mol. The van der Waals surface area contributed by atoms with E-state index in [1.165, 1.54) is 0 Å². The lowest BCUT2D eigenvalue weighted by atomic mass is 9.79. The molecule has 0 radical (unpaired) electrons. The second kappa shape index (κ2) is 6.29. The van der Waals surface area contributed by atoms with Crippen molar-refractivity contribution >= 4 is 5.91 Å². The van der Waals surface area contributed by atoms with Crippen molar-refractivity contribution in [2.75, 3.05) is 0 Å². The highest BCUT2D eigenvalue weighted by atomic mass is 16.5. The van der Waals surface area contributed by atoms with Crippen LogP contribution < -0.4 is 15.4 Å². The molecule has 0 aliphatic carbocycles. The van der Waals surface area contributed by atoms with Crippen LogP contribution in [0.5, 0.6) is 5.75 Å². The van der Waals surface area contributed by atoms with Gasteiger partial charge in [0, 0.05) is 18.9 Å². The zero-order chi connectivity index (χ0) is 16.4. The maximum absolute atomic E-state index is 12.4. The van der Waals surface area contributed by atoms with Gasteiger partial charge in [-0.05, 0) is 46.8 Å². The summed E-state index contributed by atoms with van der Waals surface area (Å²) < 4.78 is 5.70. The van der Waals surface area contributed by atoms with Gasteiger partial charge >= 0.3 is 0 Å². The van der Waals surface area contributed by atoms with Crippen molar-refractivity contribution in [3.8, 4) is 5.75 Å². The first-order chi connectivity index (χ1) is 10.2. The Morgan fingerprint density at radius 3 is 2.27 bits per heavy atom. The molecule has 4 nitrogen and oxygen atoms in total. The van der Waals surface area contributed by atoms with Gasteiger partial charge in [-0.25, -0.2) is 0 Å². The van der Waals surface area contributed by atoms with E-state index >= 15 is 0 Å². The molecule has 122 valence electrons. The summed E-state index contributed by atoms with van der Waals surface area (Å²) in [5.41, 5.74) is 0.284. The summed E-state index contributed by atoms with van der Waals surface area (Å²) in [5, 5.41) is 5.58. The first kappa shape index (κ1) is 16.8. The minimum absolute atomic E-state index is 0.0395. The van der Waals surface area contributed by atoms with Crippen molar-refractivity contribution < 1.29 is 14.8 Å². The SMILES string of the molecule is C[C@H](Oc1ccccc1)C(=O)NC1CC(C)(C)[NH2+]C(C)(C)C1. The van der Waals surface area contributed by atoms with E-state index < -0.39 is 6.10 Å². The van der Waals surface area contributed by atoms with Crippen LogP contribution in [0.1, 0.15) is 47.5 Å². The molecule has 1 aliphatic heterocycles. The average Bonchev–Trinajstić information content (AvgIpc) is 2.35. The number of benzene rings is 1.